The zero-order valence-corrected chi connectivity index (χ0v) is 13.1. The quantitative estimate of drug-likeness (QED) is 0.723. The standard InChI is InChI=1S/C19H22N2O/c1-20-12-11-15(14-7-4-3-5-8-14)16-13-21-17-9-6-10-18(22-2)19(16)17/h3-10,13,15,20-21H,11-12H2,1-2H3/t15-/m1/s1. The Kier molecular flexibility index (Phi) is 4.45. The van der Waals surface area contributed by atoms with Gasteiger partial charge >= 0.3 is 0 Å². The number of ether oxygens (including phenoxy) is 1. The second-order valence-corrected chi connectivity index (χ2v) is 5.48. The Labute approximate surface area is 131 Å². The third-order valence-corrected chi connectivity index (χ3v) is 4.18. The molecule has 1 atom stereocenters. The van der Waals surface area contributed by atoms with E-state index in [4.69, 9.17) is 4.74 Å². The first-order valence-corrected chi connectivity index (χ1v) is 7.68. The lowest BCUT2D eigenvalue weighted by Gasteiger charge is -2.18. The number of aromatic amines is 1. The molecule has 0 aliphatic carbocycles. The average molecular weight is 294 g/mol. The normalized spacial score (nSPS) is 12.5. The van der Waals surface area contributed by atoms with Crippen molar-refractivity contribution in [2.24, 2.45) is 0 Å². The topological polar surface area (TPSA) is 37.0 Å². The Balaban J connectivity index is 2.12. The van der Waals surface area contributed by atoms with Crippen LogP contribution in [0.5, 0.6) is 5.75 Å². The van der Waals surface area contributed by atoms with Crippen LogP contribution in [0, 0.1) is 0 Å². The molecule has 114 valence electrons. The lowest BCUT2D eigenvalue weighted by molar-refractivity contribution is 0.419. The van der Waals surface area contributed by atoms with Gasteiger partial charge in [-0.1, -0.05) is 36.4 Å². The summed E-state index contributed by atoms with van der Waals surface area (Å²) in [6, 6.07) is 16.8. The third kappa shape index (κ3) is 2.72. The first kappa shape index (κ1) is 14.7. The van der Waals surface area contributed by atoms with E-state index >= 15 is 0 Å². The second kappa shape index (κ2) is 6.67. The highest BCUT2D eigenvalue weighted by atomic mass is 16.5. The van der Waals surface area contributed by atoms with Gasteiger partial charge in [0.25, 0.3) is 0 Å². The Hall–Kier alpha value is -2.26. The number of benzene rings is 2. The predicted octanol–water partition coefficient (Wildman–Crippen LogP) is 3.92. The molecule has 2 N–H and O–H groups in total. The molecule has 0 radical (unpaired) electrons. The largest absolute Gasteiger partial charge is 0.496 e. The Morgan fingerprint density at radius 1 is 1.09 bits per heavy atom. The number of H-pyrrole nitrogens is 1. The molecule has 3 nitrogen and oxygen atoms in total. The van der Waals surface area contributed by atoms with Crippen molar-refractivity contribution in [1.82, 2.24) is 10.3 Å². The fraction of sp³-hybridized carbons (Fsp3) is 0.263. The van der Waals surface area contributed by atoms with Crippen molar-refractivity contribution in [2.75, 3.05) is 20.7 Å². The molecule has 0 saturated carbocycles. The van der Waals surface area contributed by atoms with Crippen molar-refractivity contribution < 1.29 is 4.74 Å². The van der Waals surface area contributed by atoms with Crippen molar-refractivity contribution in [2.45, 2.75) is 12.3 Å². The van der Waals surface area contributed by atoms with Crippen molar-refractivity contribution >= 4 is 10.9 Å². The highest BCUT2D eigenvalue weighted by Crippen LogP contribution is 2.37. The van der Waals surface area contributed by atoms with Crippen molar-refractivity contribution in [3.05, 3.63) is 65.9 Å². The maximum absolute atomic E-state index is 5.58. The van der Waals surface area contributed by atoms with Gasteiger partial charge in [-0.2, -0.15) is 0 Å². The summed E-state index contributed by atoms with van der Waals surface area (Å²) in [5.74, 6) is 1.28. The number of hydrogen-bond donors (Lipinski definition) is 2. The molecule has 0 amide bonds. The zero-order valence-electron chi connectivity index (χ0n) is 13.1. The molecule has 3 aromatic rings. The summed E-state index contributed by atoms with van der Waals surface area (Å²) in [7, 11) is 3.73. The summed E-state index contributed by atoms with van der Waals surface area (Å²) in [6.45, 7) is 0.974. The first-order chi connectivity index (χ1) is 10.8. The van der Waals surface area contributed by atoms with E-state index in [1.807, 2.05) is 19.2 Å². The number of hydrogen-bond acceptors (Lipinski definition) is 2. The van der Waals surface area contributed by atoms with Gasteiger partial charge in [-0.05, 0) is 43.3 Å². The van der Waals surface area contributed by atoms with Crippen LogP contribution in [-0.4, -0.2) is 25.7 Å². The summed E-state index contributed by atoms with van der Waals surface area (Å²) in [5, 5.41) is 4.45. The molecule has 2 aromatic carbocycles. The van der Waals surface area contributed by atoms with Gasteiger partial charge in [0.1, 0.15) is 5.75 Å². The zero-order chi connectivity index (χ0) is 15.4. The van der Waals surface area contributed by atoms with Crippen LogP contribution in [0.4, 0.5) is 0 Å². The molecule has 0 bridgehead atoms. The van der Waals surface area contributed by atoms with Crippen LogP contribution in [0.2, 0.25) is 0 Å². The lowest BCUT2D eigenvalue weighted by Crippen LogP contribution is -2.13. The van der Waals surface area contributed by atoms with Crippen LogP contribution < -0.4 is 10.1 Å². The van der Waals surface area contributed by atoms with Crippen LogP contribution in [0.25, 0.3) is 10.9 Å². The minimum atomic E-state index is 0.346. The van der Waals surface area contributed by atoms with Gasteiger partial charge in [0.2, 0.25) is 0 Å². The van der Waals surface area contributed by atoms with Gasteiger partial charge in [-0.25, -0.2) is 0 Å². The fourth-order valence-corrected chi connectivity index (χ4v) is 3.10. The summed E-state index contributed by atoms with van der Waals surface area (Å²) in [6.07, 6.45) is 3.17. The number of rotatable bonds is 6. The fourth-order valence-electron chi connectivity index (χ4n) is 3.10. The van der Waals surface area contributed by atoms with E-state index in [2.05, 4.69) is 52.9 Å². The Morgan fingerprint density at radius 2 is 1.91 bits per heavy atom. The molecule has 22 heavy (non-hydrogen) atoms. The highest BCUT2D eigenvalue weighted by Gasteiger charge is 2.19. The Bertz CT molecular complexity index is 734. The average Bonchev–Trinajstić information content (AvgIpc) is 3.00. The van der Waals surface area contributed by atoms with E-state index in [1.54, 1.807) is 7.11 Å². The second-order valence-electron chi connectivity index (χ2n) is 5.48. The van der Waals surface area contributed by atoms with Crippen LogP contribution >= 0.6 is 0 Å². The molecular weight excluding hydrogens is 272 g/mol. The summed E-state index contributed by atoms with van der Waals surface area (Å²) in [4.78, 5) is 3.39. The summed E-state index contributed by atoms with van der Waals surface area (Å²) >= 11 is 0. The van der Waals surface area contributed by atoms with Gasteiger partial charge in [-0.15, -0.1) is 0 Å². The third-order valence-electron chi connectivity index (χ3n) is 4.18. The van der Waals surface area contributed by atoms with Crippen LogP contribution in [0.15, 0.2) is 54.7 Å². The molecule has 0 saturated heterocycles. The molecule has 0 spiro atoms. The predicted molar refractivity (Wildman–Crippen MR) is 91.7 cm³/mol. The summed E-state index contributed by atoms with van der Waals surface area (Å²) in [5.41, 5.74) is 3.76. The molecule has 3 rings (SSSR count). The Morgan fingerprint density at radius 3 is 2.64 bits per heavy atom. The van der Waals surface area contributed by atoms with Crippen LogP contribution in [0.1, 0.15) is 23.5 Å². The van der Waals surface area contributed by atoms with Crippen molar-refractivity contribution in [1.29, 1.82) is 0 Å². The molecule has 1 heterocycles. The van der Waals surface area contributed by atoms with Gasteiger partial charge in [0, 0.05) is 23.0 Å². The van der Waals surface area contributed by atoms with E-state index in [-0.39, 0.29) is 0 Å². The number of nitrogens with one attached hydrogen (secondary N) is 2. The van der Waals surface area contributed by atoms with Gasteiger partial charge < -0.3 is 15.0 Å². The molecule has 3 heteroatoms. The van der Waals surface area contributed by atoms with Gasteiger partial charge in [0.15, 0.2) is 0 Å². The lowest BCUT2D eigenvalue weighted by atomic mass is 9.88. The number of fused-ring (bicyclic) bond motifs is 1. The first-order valence-electron chi connectivity index (χ1n) is 7.68. The van der Waals surface area contributed by atoms with Crippen molar-refractivity contribution in [3.63, 3.8) is 0 Å². The molecule has 0 unspecified atom stereocenters. The van der Waals surface area contributed by atoms with E-state index in [0.717, 1.165) is 24.2 Å². The smallest absolute Gasteiger partial charge is 0.128 e. The summed E-state index contributed by atoms with van der Waals surface area (Å²) < 4.78 is 5.58. The van der Waals surface area contributed by atoms with E-state index in [1.165, 1.54) is 16.5 Å². The highest BCUT2D eigenvalue weighted by molar-refractivity contribution is 5.90. The maximum Gasteiger partial charge on any atom is 0.128 e. The van der Waals surface area contributed by atoms with Gasteiger partial charge in [-0.3, -0.25) is 0 Å². The maximum atomic E-state index is 5.58. The molecule has 0 aliphatic heterocycles. The molecule has 0 fully saturated rings. The monoisotopic (exact) mass is 294 g/mol. The van der Waals surface area contributed by atoms with E-state index in [0.29, 0.717) is 5.92 Å². The molecular formula is C19H22N2O. The minimum absolute atomic E-state index is 0.346. The van der Waals surface area contributed by atoms with Gasteiger partial charge in [0.05, 0.1) is 7.11 Å². The molecule has 1 aromatic heterocycles. The van der Waals surface area contributed by atoms with E-state index < -0.39 is 0 Å². The number of methoxy groups -OCH3 is 1. The minimum Gasteiger partial charge on any atom is -0.496 e. The van der Waals surface area contributed by atoms with Crippen molar-refractivity contribution in [3.8, 4) is 5.75 Å². The van der Waals surface area contributed by atoms with Crippen LogP contribution in [0.3, 0.4) is 0 Å². The van der Waals surface area contributed by atoms with Crippen LogP contribution in [-0.2, 0) is 0 Å². The SMILES string of the molecule is CNCC[C@H](c1ccccc1)c1c[nH]c2cccc(OC)c12. The molecule has 0 aliphatic rings. The van der Waals surface area contributed by atoms with E-state index in [9.17, 15) is 0 Å². The number of aromatic nitrogens is 1.